The second-order valence-electron chi connectivity index (χ2n) is 8.10. The number of rotatable bonds is 5. The summed E-state index contributed by atoms with van der Waals surface area (Å²) in [5.41, 5.74) is 6.43. The minimum absolute atomic E-state index is 0.0142. The van der Waals surface area contributed by atoms with Gasteiger partial charge in [0.2, 0.25) is 0 Å². The van der Waals surface area contributed by atoms with Crippen molar-refractivity contribution < 1.29 is 14.3 Å². The van der Waals surface area contributed by atoms with E-state index < -0.39 is 0 Å². The minimum atomic E-state index is -0.227. The summed E-state index contributed by atoms with van der Waals surface area (Å²) in [5.74, 6) is -0.403. The molecule has 0 saturated carbocycles. The topological polar surface area (TPSA) is 51.5 Å². The van der Waals surface area contributed by atoms with Gasteiger partial charge in [0.05, 0.1) is 12.5 Å². The molecule has 29 heavy (non-hydrogen) atoms. The van der Waals surface area contributed by atoms with Gasteiger partial charge in [-0.1, -0.05) is 29.8 Å². The molecule has 1 aromatic carbocycles. The van der Waals surface area contributed by atoms with E-state index in [-0.39, 0.29) is 17.8 Å². The van der Waals surface area contributed by atoms with Gasteiger partial charge in [-0.15, -0.1) is 0 Å². The number of aromatic nitrogens is 1. The first kappa shape index (κ1) is 21.2. The SMILES string of the molecule is CCOC(=O)C1CCCN(C(=O)c2c(C)c(C)c(C)n2Cc2cccc(C)c2)C1. The molecular formula is C24H32N2O3. The lowest BCUT2D eigenvalue weighted by Gasteiger charge is -2.32. The summed E-state index contributed by atoms with van der Waals surface area (Å²) in [5, 5.41) is 0. The van der Waals surface area contributed by atoms with Crippen molar-refractivity contribution in [3.63, 3.8) is 0 Å². The number of carbonyl (C=O) groups excluding carboxylic acids is 2. The van der Waals surface area contributed by atoms with E-state index in [2.05, 4.69) is 49.6 Å². The fourth-order valence-electron chi connectivity index (χ4n) is 4.25. The van der Waals surface area contributed by atoms with Gasteiger partial charge < -0.3 is 14.2 Å². The zero-order chi connectivity index (χ0) is 21.1. The van der Waals surface area contributed by atoms with E-state index in [1.165, 1.54) is 11.1 Å². The van der Waals surface area contributed by atoms with Gasteiger partial charge in [-0.05, 0) is 64.2 Å². The molecule has 0 bridgehead atoms. The van der Waals surface area contributed by atoms with Crippen LogP contribution >= 0.6 is 0 Å². The standard InChI is InChI=1S/C24H32N2O3/c1-6-29-24(28)21-11-8-12-25(15-21)23(27)22-18(4)17(3)19(5)26(22)14-20-10-7-9-16(2)13-20/h7,9-10,13,21H,6,8,11-12,14-15H2,1-5H3. The molecule has 1 atom stereocenters. The maximum absolute atomic E-state index is 13.5. The van der Waals surface area contributed by atoms with Gasteiger partial charge >= 0.3 is 5.97 Å². The lowest BCUT2D eigenvalue weighted by atomic mass is 9.97. The van der Waals surface area contributed by atoms with Crippen molar-refractivity contribution in [2.45, 2.75) is 54.0 Å². The Bertz CT molecular complexity index is 913. The molecule has 1 aromatic heterocycles. The van der Waals surface area contributed by atoms with E-state index in [0.717, 1.165) is 35.4 Å². The van der Waals surface area contributed by atoms with Crippen molar-refractivity contribution in [2.75, 3.05) is 19.7 Å². The van der Waals surface area contributed by atoms with Gasteiger partial charge in [0, 0.05) is 25.3 Å². The number of hydrogen-bond acceptors (Lipinski definition) is 3. The second-order valence-corrected chi connectivity index (χ2v) is 8.10. The van der Waals surface area contributed by atoms with Gasteiger partial charge in [-0.2, -0.15) is 0 Å². The summed E-state index contributed by atoms with van der Waals surface area (Å²) < 4.78 is 7.33. The lowest BCUT2D eigenvalue weighted by molar-refractivity contribution is -0.149. The largest absolute Gasteiger partial charge is 0.466 e. The molecule has 1 unspecified atom stereocenters. The predicted octanol–water partition coefficient (Wildman–Crippen LogP) is 4.19. The first-order valence-electron chi connectivity index (χ1n) is 10.5. The maximum Gasteiger partial charge on any atom is 0.310 e. The quantitative estimate of drug-likeness (QED) is 0.712. The van der Waals surface area contributed by atoms with Gasteiger partial charge in [0.15, 0.2) is 0 Å². The molecule has 0 N–H and O–H groups in total. The highest BCUT2D eigenvalue weighted by Crippen LogP contribution is 2.27. The van der Waals surface area contributed by atoms with Crippen molar-refractivity contribution in [3.05, 3.63) is 57.9 Å². The first-order valence-corrected chi connectivity index (χ1v) is 10.5. The predicted molar refractivity (Wildman–Crippen MR) is 114 cm³/mol. The van der Waals surface area contributed by atoms with E-state index in [1.807, 2.05) is 18.7 Å². The monoisotopic (exact) mass is 396 g/mol. The Hall–Kier alpha value is -2.56. The summed E-state index contributed by atoms with van der Waals surface area (Å²) in [6.07, 6.45) is 1.61. The molecule has 1 aliphatic heterocycles. The van der Waals surface area contributed by atoms with E-state index in [4.69, 9.17) is 4.74 Å². The first-order chi connectivity index (χ1) is 13.8. The minimum Gasteiger partial charge on any atom is -0.466 e. The Morgan fingerprint density at radius 3 is 2.59 bits per heavy atom. The third-order valence-electron chi connectivity index (χ3n) is 6.09. The number of esters is 1. The van der Waals surface area contributed by atoms with Crippen LogP contribution in [0.2, 0.25) is 0 Å². The molecule has 0 spiro atoms. The summed E-state index contributed by atoms with van der Waals surface area (Å²) in [7, 11) is 0. The van der Waals surface area contributed by atoms with Crippen molar-refractivity contribution in [3.8, 4) is 0 Å². The molecule has 1 fully saturated rings. The number of piperidine rings is 1. The van der Waals surface area contributed by atoms with Crippen LogP contribution < -0.4 is 0 Å². The Kier molecular flexibility index (Phi) is 6.46. The molecule has 2 heterocycles. The van der Waals surface area contributed by atoms with Crippen molar-refractivity contribution in [2.24, 2.45) is 5.92 Å². The third kappa shape index (κ3) is 4.39. The zero-order valence-corrected chi connectivity index (χ0v) is 18.2. The van der Waals surface area contributed by atoms with Crippen LogP contribution in [0, 0.1) is 33.6 Å². The highest BCUT2D eigenvalue weighted by atomic mass is 16.5. The Labute approximate surface area is 173 Å². The number of ether oxygens (including phenoxy) is 1. The molecule has 1 aliphatic rings. The lowest BCUT2D eigenvalue weighted by Crippen LogP contribution is -2.43. The molecule has 1 amide bonds. The van der Waals surface area contributed by atoms with Crippen LogP contribution in [-0.4, -0.2) is 41.0 Å². The molecule has 0 radical (unpaired) electrons. The van der Waals surface area contributed by atoms with Gasteiger partial charge in [-0.25, -0.2) is 0 Å². The molecule has 3 rings (SSSR count). The number of carbonyl (C=O) groups is 2. The Morgan fingerprint density at radius 1 is 1.14 bits per heavy atom. The summed E-state index contributed by atoms with van der Waals surface area (Å²) >= 11 is 0. The molecular weight excluding hydrogens is 364 g/mol. The summed E-state index contributed by atoms with van der Waals surface area (Å²) in [6.45, 7) is 12.2. The molecule has 2 aromatic rings. The Balaban J connectivity index is 1.90. The van der Waals surface area contributed by atoms with Crippen molar-refractivity contribution in [1.29, 1.82) is 0 Å². The number of hydrogen-bond donors (Lipinski definition) is 0. The number of aryl methyl sites for hydroxylation is 1. The van der Waals surface area contributed by atoms with E-state index in [1.54, 1.807) is 0 Å². The summed E-state index contributed by atoms with van der Waals surface area (Å²) in [6, 6.07) is 8.40. The smallest absolute Gasteiger partial charge is 0.310 e. The zero-order valence-electron chi connectivity index (χ0n) is 18.2. The fraction of sp³-hybridized carbons (Fsp3) is 0.500. The molecule has 0 aliphatic carbocycles. The van der Waals surface area contributed by atoms with Gasteiger partial charge in [0.1, 0.15) is 5.69 Å². The molecule has 156 valence electrons. The average molecular weight is 397 g/mol. The van der Waals surface area contributed by atoms with Crippen LogP contribution in [0.4, 0.5) is 0 Å². The van der Waals surface area contributed by atoms with E-state index >= 15 is 0 Å². The third-order valence-corrected chi connectivity index (χ3v) is 6.09. The van der Waals surface area contributed by atoms with Crippen LogP contribution in [0.1, 0.15) is 58.2 Å². The second kappa shape index (κ2) is 8.85. The average Bonchev–Trinajstić information content (AvgIpc) is 2.91. The molecule has 5 heteroatoms. The number of amides is 1. The van der Waals surface area contributed by atoms with E-state index in [0.29, 0.717) is 26.2 Å². The van der Waals surface area contributed by atoms with E-state index in [9.17, 15) is 9.59 Å². The van der Waals surface area contributed by atoms with Crippen LogP contribution in [-0.2, 0) is 16.1 Å². The van der Waals surface area contributed by atoms with Crippen LogP contribution in [0.15, 0.2) is 24.3 Å². The molecule has 5 nitrogen and oxygen atoms in total. The molecule has 1 saturated heterocycles. The summed E-state index contributed by atoms with van der Waals surface area (Å²) in [4.78, 5) is 27.6. The number of nitrogens with zero attached hydrogens (tertiary/aromatic N) is 2. The van der Waals surface area contributed by atoms with Crippen LogP contribution in [0.25, 0.3) is 0 Å². The van der Waals surface area contributed by atoms with Crippen molar-refractivity contribution in [1.82, 2.24) is 9.47 Å². The van der Waals surface area contributed by atoms with Gasteiger partial charge in [0.25, 0.3) is 5.91 Å². The highest BCUT2D eigenvalue weighted by Gasteiger charge is 2.32. The number of likely N-dealkylation sites (tertiary alicyclic amines) is 1. The van der Waals surface area contributed by atoms with Crippen molar-refractivity contribution >= 4 is 11.9 Å². The normalized spacial score (nSPS) is 16.7. The number of benzene rings is 1. The highest BCUT2D eigenvalue weighted by molar-refractivity contribution is 5.95. The fourth-order valence-corrected chi connectivity index (χ4v) is 4.25. The van der Waals surface area contributed by atoms with Crippen LogP contribution in [0.3, 0.4) is 0 Å². The van der Waals surface area contributed by atoms with Crippen LogP contribution in [0.5, 0.6) is 0 Å². The Morgan fingerprint density at radius 2 is 1.90 bits per heavy atom. The maximum atomic E-state index is 13.5. The van der Waals surface area contributed by atoms with Gasteiger partial charge in [-0.3, -0.25) is 9.59 Å².